The molecule has 0 bridgehead atoms. The molecule has 6 nitrogen and oxygen atoms in total. The van der Waals surface area contributed by atoms with Crippen molar-refractivity contribution in [2.45, 2.75) is 38.1 Å². The van der Waals surface area contributed by atoms with E-state index < -0.39 is 0 Å². The fourth-order valence-corrected chi connectivity index (χ4v) is 3.91. The van der Waals surface area contributed by atoms with E-state index in [1.165, 1.54) is 24.8 Å². The first-order chi connectivity index (χ1) is 13.8. The highest BCUT2D eigenvalue weighted by Gasteiger charge is 2.23. The third-order valence-corrected chi connectivity index (χ3v) is 5.42. The summed E-state index contributed by atoms with van der Waals surface area (Å²) in [6.07, 6.45) is 12.5. The Kier molecular flexibility index (Phi) is 5.97. The number of hydrogen-bond donors (Lipinski definition) is 1. The minimum absolute atomic E-state index is 0.0722. The average Bonchev–Trinajstić information content (AvgIpc) is 3.17. The molecule has 1 unspecified atom stereocenters. The maximum absolute atomic E-state index is 12.5. The monoisotopic (exact) mass is 377 g/mol. The molecule has 6 heteroatoms. The number of fused-ring (bicyclic) bond motifs is 1. The fourth-order valence-electron chi connectivity index (χ4n) is 3.91. The van der Waals surface area contributed by atoms with E-state index in [4.69, 9.17) is 0 Å². The third kappa shape index (κ3) is 4.57. The average molecular weight is 377 g/mol. The number of amides is 1. The van der Waals surface area contributed by atoms with Crippen LogP contribution in [0.15, 0.2) is 55.1 Å². The zero-order valence-electron chi connectivity index (χ0n) is 16.1. The molecule has 0 saturated carbocycles. The van der Waals surface area contributed by atoms with Gasteiger partial charge in [0.1, 0.15) is 5.65 Å². The molecular formula is C22H27N5O. The minimum atomic E-state index is 0.0722. The van der Waals surface area contributed by atoms with Gasteiger partial charge in [-0.2, -0.15) is 0 Å². The topological polar surface area (TPSA) is 62.5 Å². The van der Waals surface area contributed by atoms with Gasteiger partial charge in [0.15, 0.2) is 0 Å². The smallest absolute Gasteiger partial charge is 0.220 e. The van der Waals surface area contributed by atoms with E-state index in [0.29, 0.717) is 19.4 Å². The number of carbonyl (C=O) groups excluding carboxylic acids is 1. The molecule has 1 aliphatic rings. The van der Waals surface area contributed by atoms with Crippen molar-refractivity contribution in [3.63, 3.8) is 0 Å². The van der Waals surface area contributed by atoms with E-state index in [2.05, 4.69) is 26.3 Å². The van der Waals surface area contributed by atoms with Crippen molar-refractivity contribution >= 4 is 11.6 Å². The Morgan fingerprint density at radius 2 is 2.04 bits per heavy atom. The standard InChI is InChI=1S/C22H27N5O/c28-22(10-9-19-17-27-14-5-2-8-21(27)25-19)24-16-20(18-7-6-11-23-15-18)26-12-3-1-4-13-26/h2,5-8,11,14-15,17,20H,1,3-4,9-10,12-13,16H2,(H,24,28). The van der Waals surface area contributed by atoms with Gasteiger partial charge in [0.05, 0.1) is 11.7 Å². The Labute approximate surface area is 165 Å². The summed E-state index contributed by atoms with van der Waals surface area (Å²) >= 11 is 0. The van der Waals surface area contributed by atoms with Gasteiger partial charge < -0.3 is 9.72 Å². The lowest BCUT2D eigenvalue weighted by Crippen LogP contribution is -2.40. The van der Waals surface area contributed by atoms with Crippen LogP contribution in [0, 0.1) is 0 Å². The van der Waals surface area contributed by atoms with Gasteiger partial charge in [0.2, 0.25) is 5.91 Å². The van der Waals surface area contributed by atoms with E-state index in [0.717, 1.165) is 24.4 Å². The molecule has 1 N–H and O–H groups in total. The summed E-state index contributed by atoms with van der Waals surface area (Å²) in [4.78, 5) is 23.8. The Morgan fingerprint density at radius 3 is 2.82 bits per heavy atom. The molecular weight excluding hydrogens is 350 g/mol. The summed E-state index contributed by atoms with van der Waals surface area (Å²) in [5.41, 5.74) is 3.03. The van der Waals surface area contributed by atoms with Crippen LogP contribution >= 0.6 is 0 Å². The van der Waals surface area contributed by atoms with Crippen molar-refractivity contribution in [3.05, 3.63) is 66.4 Å². The number of pyridine rings is 2. The number of nitrogens with zero attached hydrogens (tertiary/aromatic N) is 4. The van der Waals surface area contributed by atoms with Gasteiger partial charge in [-0.15, -0.1) is 0 Å². The normalized spacial score (nSPS) is 16.1. The first-order valence-electron chi connectivity index (χ1n) is 10.1. The lowest BCUT2D eigenvalue weighted by atomic mass is 10.0. The van der Waals surface area contributed by atoms with Gasteiger partial charge >= 0.3 is 0 Å². The second-order valence-electron chi connectivity index (χ2n) is 7.40. The highest BCUT2D eigenvalue weighted by Crippen LogP contribution is 2.23. The summed E-state index contributed by atoms with van der Waals surface area (Å²) in [5.74, 6) is 0.0722. The second kappa shape index (κ2) is 8.97. The molecule has 4 rings (SSSR count). The highest BCUT2D eigenvalue weighted by molar-refractivity contribution is 5.76. The van der Waals surface area contributed by atoms with Gasteiger partial charge in [-0.1, -0.05) is 18.6 Å². The molecule has 1 fully saturated rings. The third-order valence-electron chi connectivity index (χ3n) is 5.42. The molecule has 28 heavy (non-hydrogen) atoms. The molecule has 0 radical (unpaired) electrons. The number of imidazole rings is 1. The Balaban J connectivity index is 1.34. The summed E-state index contributed by atoms with van der Waals surface area (Å²) < 4.78 is 1.99. The first kappa shape index (κ1) is 18.6. The molecule has 1 atom stereocenters. The summed E-state index contributed by atoms with van der Waals surface area (Å²) in [7, 11) is 0. The number of aromatic nitrogens is 3. The molecule has 3 aromatic heterocycles. The van der Waals surface area contributed by atoms with Crippen LogP contribution in [-0.4, -0.2) is 44.8 Å². The van der Waals surface area contributed by atoms with E-state index in [1.54, 1.807) is 6.20 Å². The predicted octanol–water partition coefficient (Wildman–Crippen LogP) is 3.01. The number of nitrogens with one attached hydrogen (secondary N) is 1. The maximum Gasteiger partial charge on any atom is 0.220 e. The van der Waals surface area contributed by atoms with E-state index >= 15 is 0 Å². The fraction of sp³-hybridized carbons (Fsp3) is 0.409. The molecule has 146 valence electrons. The van der Waals surface area contributed by atoms with Crippen molar-refractivity contribution in [1.82, 2.24) is 24.6 Å². The highest BCUT2D eigenvalue weighted by atomic mass is 16.1. The summed E-state index contributed by atoms with van der Waals surface area (Å²) in [5, 5.41) is 3.14. The van der Waals surface area contributed by atoms with Crippen LogP contribution in [0.5, 0.6) is 0 Å². The van der Waals surface area contributed by atoms with Crippen LogP contribution in [0.4, 0.5) is 0 Å². The quantitative estimate of drug-likeness (QED) is 0.688. The van der Waals surface area contributed by atoms with Gasteiger partial charge in [0.25, 0.3) is 0 Å². The van der Waals surface area contributed by atoms with Crippen LogP contribution in [0.2, 0.25) is 0 Å². The second-order valence-corrected chi connectivity index (χ2v) is 7.40. The van der Waals surface area contributed by atoms with Crippen LogP contribution in [0.1, 0.15) is 43.0 Å². The molecule has 1 aliphatic heterocycles. The molecule has 0 aromatic carbocycles. The number of rotatable bonds is 7. The zero-order valence-corrected chi connectivity index (χ0v) is 16.1. The molecule has 0 spiro atoms. The van der Waals surface area contributed by atoms with E-state index in [1.807, 2.05) is 47.3 Å². The van der Waals surface area contributed by atoms with Crippen LogP contribution in [0.25, 0.3) is 5.65 Å². The van der Waals surface area contributed by atoms with Crippen molar-refractivity contribution in [3.8, 4) is 0 Å². The van der Waals surface area contributed by atoms with Crippen molar-refractivity contribution < 1.29 is 4.79 Å². The predicted molar refractivity (Wildman–Crippen MR) is 109 cm³/mol. The number of likely N-dealkylation sites (tertiary alicyclic amines) is 1. The lowest BCUT2D eigenvalue weighted by Gasteiger charge is -2.34. The molecule has 1 amide bonds. The van der Waals surface area contributed by atoms with E-state index in [9.17, 15) is 4.79 Å². The van der Waals surface area contributed by atoms with Gasteiger partial charge in [0, 0.05) is 37.8 Å². The Morgan fingerprint density at radius 1 is 1.14 bits per heavy atom. The zero-order chi connectivity index (χ0) is 19.2. The SMILES string of the molecule is O=C(CCc1cn2ccccc2n1)NCC(c1cccnc1)N1CCCCC1. The Hall–Kier alpha value is -2.73. The number of carbonyl (C=O) groups is 1. The van der Waals surface area contributed by atoms with Gasteiger partial charge in [-0.25, -0.2) is 4.98 Å². The molecule has 1 saturated heterocycles. The van der Waals surface area contributed by atoms with E-state index in [-0.39, 0.29) is 11.9 Å². The number of hydrogen-bond acceptors (Lipinski definition) is 4. The summed E-state index contributed by atoms with van der Waals surface area (Å²) in [6, 6.07) is 10.2. The van der Waals surface area contributed by atoms with Crippen LogP contribution < -0.4 is 5.32 Å². The first-order valence-corrected chi connectivity index (χ1v) is 10.1. The van der Waals surface area contributed by atoms with Gasteiger partial charge in [-0.3, -0.25) is 14.7 Å². The van der Waals surface area contributed by atoms with Crippen LogP contribution in [0.3, 0.4) is 0 Å². The van der Waals surface area contributed by atoms with Crippen molar-refractivity contribution in [2.75, 3.05) is 19.6 Å². The van der Waals surface area contributed by atoms with Crippen LogP contribution in [-0.2, 0) is 11.2 Å². The van der Waals surface area contributed by atoms with Crippen molar-refractivity contribution in [2.24, 2.45) is 0 Å². The minimum Gasteiger partial charge on any atom is -0.354 e. The number of piperidine rings is 1. The largest absolute Gasteiger partial charge is 0.354 e. The molecule has 4 heterocycles. The number of aryl methyl sites for hydroxylation is 1. The molecule has 3 aromatic rings. The molecule has 0 aliphatic carbocycles. The summed E-state index contributed by atoms with van der Waals surface area (Å²) in [6.45, 7) is 2.78. The van der Waals surface area contributed by atoms with Gasteiger partial charge in [-0.05, 0) is 56.1 Å². The lowest BCUT2D eigenvalue weighted by molar-refractivity contribution is -0.121. The van der Waals surface area contributed by atoms with Crippen molar-refractivity contribution in [1.29, 1.82) is 0 Å². The maximum atomic E-state index is 12.5. The Bertz CT molecular complexity index is 868.